The summed E-state index contributed by atoms with van der Waals surface area (Å²) in [6.07, 6.45) is 0.417. The topological polar surface area (TPSA) is 49.8 Å². The van der Waals surface area contributed by atoms with Crippen molar-refractivity contribution in [2.24, 2.45) is 0 Å². The van der Waals surface area contributed by atoms with E-state index in [1.165, 1.54) is 17.7 Å². The SMILES string of the molecule is Cc1ccc([C@@H](C)N2CC[C@](CCO)(c3ccc(F)cc3)OC2=O)cc1. The number of hydrogen-bond donors (Lipinski definition) is 1. The molecule has 1 N–H and O–H groups in total. The van der Waals surface area contributed by atoms with Crippen molar-refractivity contribution in [1.29, 1.82) is 0 Å². The van der Waals surface area contributed by atoms with E-state index in [2.05, 4.69) is 0 Å². The van der Waals surface area contributed by atoms with Crippen molar-refractivity contribution in [3.63, 3.8) is 0 Å². The second-order valence-corrected chi connectivity index (χ2v) is 6.87. The van der Waals surface area contributed by atoms with E-state index in [0.717, 1.165) is 5.56 Å². The zero-order valence-electron chi connectivity index (χ0n) is 15.1. The molecule has 0 aliphatic carbocycles. The van der Waals surface area contributed by atoms with E-state index < -0.39 is 11.7 Å². The summed E-state index contributed by atoms with van der Waals surface area (Å²) in [5.41, 5.74) is 2.01. The van der Waals surface area contributed by atoms with E-state index >= 15 is 0 Å². The fourth-order valence-electron chi connectivity index (χ4n) is 3.50. The number of cyclic esters (lactones) is 1. The maximum Gasteiger partial charge on any atom is 0.411 e. The molecular weight excluding hydrogens is 333 g/mol. The molecule has 3 rings (SSSR count). The second-order valence-electron chi connectivity index (χ2n) is 6.87. The second kappa shape index (κ2) is 7.46. The van der Waals surface area contributed by atoms with Crippen LogP contribution < -0.4 is 0 Å². The van der Waals surface area contributed by atoms with Crippen LogP contribution >= 0.6 is 0 Å². The molecule has 1 aliphatic rings. The summed E-state index contributed by atoms with van der Waals surface area (Å²) in [5.74, 6) is -0.343. The van der Waals surface area contributed by atoms with Gasteiger partial charge in [-0.25, -0.2) is 9.18 Å². The van der Waals surface area contributed by atoms with Crippen molar-refractivity contribution in [3.05, 3.63) is 71.0 Å². The number of aryl methyl sites for hydroxylation is 1. The van der Waals surface area contributed by atoms with Crippen LogP contribution in [-0.2, 0) is 10.3 Å². The number of carbonyl (C=O) groups is 1. The Hall–Kier alpha value is -2.40. The monoisotopic (exact) mass is 357 g/mol. The predicted molar refractivity (Wildman–Crippen MR) is 97.2 cm³/mol. The molecule has 138 valence electrons. The number of aliphatic hydroxyl groups excluding tert-OH is 1. The highest BCUT2D eigenvalue weighted by atomic mass is 19.1. The number of benzene rings is 2. The molecule has 2 aromatic carbocycles. The van der Waals surface area contributed by atoms with Gasteiger partial charge in [0.15, 0.2) is 0 Å². The van der Waals surface area contributed by atoms with Crippen molar-refractivity contribution in [1.82, 2.24) is 4.90 Å². The van der Waals surface area contributed by atoms with Crippen molar-refractivity contribution >= 4 is 6.09 Å². The van der Waals surface area contributed by atoms with Gasteiger partial charge in [-0.1, -0.05) is 42.0 Å². The first-order valence-corrected chi connectivity index (χ1v) is 8.88. The summed E-state index contributed by atoms with van der Waals surface area (Å²) in [6, 6.07) is 13.9. The molecule has 1 heterocycles. The smallest absolute Gasteiger partial charge is 0.411 e. The van der Waals surface area contributed by atoms with E-state index in [9.17, 15) is 14.3 Å². The first-order chi connectivity index (χ1) is 12.4. The minimum Gasteiger partial charge on any atom is -0.438 e. The van der Waals surface area contributed by atoms with Gasteiger partial charge in [0.2, 0.25) is 0 Å². The lowest BCUT2D eigenvalue weighted by molar-refractivity contribution is -0.0718. The van der Waals surface area contributed by atoms with Crippen LogP contribution in [0.4, 0.5) is 9.18 Å². The van der Waals surface area contributed by atoms with Gasteiger partial charge in [-0.2, -0.15) is 0 Å². The number of amides is 1. The Morgan fingerprint density at radius 2 is 1.85 bits per heavy atom. The van der Waals surface area contributed by atoms with E-state index in [1.54, 1.807) is 17.0 Å². The Bertz CT molecular complexity index is 760. The summed E-state index contributed by atoms with van der Waals surface area (Å²) < 4.78 is 19.1. The number of halogens is 1. The molecule has 1 fully saturated rings. The van der Waals surface area contributed by atoms with Crippen LogP contribution in [0.3, 0.4) is 0 Å². The highest BCUT2D eigenvalue weighted by Gasteiger charge is 2.43. The highest BCUT2D eigenvalue weighted by Crippen LogP contribution is 2.39. The number of aliphatic hydroxyl groups is 1. The molecule has 0 bridgehead atoms. The molecule has 0 spiro atoms. The van der Waals surface area contributed by atoms with Crippen LogP contribution in [0.2, 0.25) is 0 Å². The van der Waals surface area contributed by atoms with Gasteiger partial charge < -0.3 is 14.7 Å². The van der Waals surface area contributed by atoms with E-state index in [0.29, 0.717) is 18.5 Å². The third-order valence-corrected chi connectivity index (χ3v) is 5.19. The number of ether oxygens (including phenoxy) is 1. The molecule has 2 aromatic rings. The number of rotatable bonds is 5. The maximum absolute atomic E-state index is 13.3. The van der Waals surface area contributed by atoms with Gasteiger partial charge in [-0.3, -0.25) is 0 Å². The molecule has 1 amide bonds. The molecule has 1 aliphatic heterocycles. The molecular formula is C21H24FNO3. The summed E-state index contributed by atoms with van der Waals surface area (Å²) in [7, 11) is 0. The number of carbonyl (C=O) groups excluding carboxylic acids is 1. The molecule has 1 saturated heterocycles. The van der Waals surface area contributed by atoms with Gasteiger partial charge in [-0.05, 0) is 37.1 Å². The lowest BCUT2D eigenvalue weighted by Crippen LogP contribution is -2.49. The normalized spacial score (nSPS) is 21.4. The van der Waals surface area contributed by atoms with Crippen LogP contribution in [0.1, 0.15) is 42.5 Å². The standard InChI is InChI=1S/C21H24FNO3/c1-15-3-5-17(6-4-15)16(2)23-13-11-21(12-14-24,26-20(23)25)18-7-9-19(22)10-8-18/h3-10,16,24H,11-14H2,1-2H3/t16-,21+/m1/s1. The Morgan fingerprint density at radius 1 is 1.19 bits per heavy atom. The first kappa shape index (κ1) is 18.4. The van der Waals surface area contributed by atoms with Gasteiger partial charge in [0, 0.05) is 26.0 Å². The molecule has 0 saturated carbocycles. The van der Waals surface area contributed by atoms with Crippen LogP contribution in [0.15, 0.2) is 48.5 Å². The Balaban J connectivity index is 1.81. The van der Waals surface area contributed by atoms with Gasteiger partial charge in [0.25, 0.3) is 0 Å². The summed E-state index contributed by atoms with van der Waals surface area (Å²) in [4.78, 5) is 14.5. The van der Waals surface area contributed by atoms with Crippen LogP contribution in [0.25, 0.3) is 0 Å². The Morgan fingerprint density at radius 3 is 2.42 bits per heavy atom. The lowest BCUT2D eigenvalue weighted by atomic mass is 9.85. The van der Waals surface area contributed by atoms with E-state index in [4.69, 9.17) is 4.74 Å². The average molecular weight is 357 g/mol. The molecule has 4 nitrogen and oxygen atoms in total. The zero-order chi connectivity index (χ0) is 18.7. The Labute approximate surface area is 153 Å². The fraction of sp³-hybridized carbons (Fsp3) is 0.381. The number of nitrogens with zero attached hydrogens (tertiary/aromatic N) is 1. The minimum atomic E-state index is -0.914. The van der Waals surface area contributed by atoms with Crippen molar-refractivity contribution < 1.29 is 19.0 Å². The summed E-state index contributed by atoms with van der Waals surface area (Å²) >= 11 is 0. The Kier molecular flexibility index (Phi) is 5.28. The van der Waals surface area contributed by atoms with Gasteiger partial charge >= 0.3 is 6.09 Å². The van der Waals surface area contributed by atoms with E-state index in [1.807, 2.05) is 38.1 Å². The highest BCUT2D eigenvalue weighted by molar-refractivity contribution is 5.70. The predicted octanol–water partition coefficient (Wildman–Crippen LogP) is 4.32. The lowest BCUT2D eigenvalue weighted by Gasteiger charge is -2.43. The molecule has 2 atom stereocenters. The average Bonchev–Trinajstić information content (AvgIpc) is 2.63. The summed E-state index contributed by atoms with van der Waals surface area (Å²) in [5, 5.41) is 9.49. The van der Waals surface area contributed by atoms with E-state index in [-0.39, 0.29) is 24.9 Å². The van der Waals surface area contributed by atoms with Gasteiger partial charge in [-0.15, -0.1) is 0 Å². The molecule has 5 heteroatoms. The first-order valence-electron chi connectivity index (χ1n) is 8.88. The summed E-state index contributed by atoms with van der Waals surface area (Å²) in [6.45, 7) is 4.39. The van der Waals surface area contributed by atoms with Gasteiger partial charge in [0.05, 0.1) is 6.04 Å². The third-order valence-electron chi connectivity index (χ3n) is 5.19. The molecule has 26 heavy (non-hydrogen) atoms. The van der Waals surface area contributed by atoms with Crippen molar-refractivity contribution in [2.45, 2.75) is 38.3 Å². The zero-order valence-corrected chi connectivity index (χ0v) is 15.1. The van der Waals surface area contributed by atoms with Crippen LogP contribution in [0, 0.1) is 12.7 Å². The third kappa shape index (κ3) is 3.58. The van der Waals surface area contributed by atoms with Crippen LogP contribution in [0.5, 0.6) is 0 Å². The quantitative estimate of drug-likeness (QED) is 0.867. The number of hydrogen-bond acceptors (Lipinski definition) is 3. The fourth-order valence-corrected chi connectivity index (χ4v) is 3.50. The van der Waals surface area contributed by atoms with Crippen LogP contribution in [-0.4, -0.2) is 29.3 Å². The van der Waals surface area contributed by atoms with Crippen molar-refractivity contribution in [3.8, 4) is 0 Å². The molecule has 0 unspecified atom stereocenters. The minimum absolute atomic E-state index is 0.108. The van der Waals surface area contributed by atoms with Crippen molar-refractivity contribution in [2.75, 3.05) is 13.2 Å². The molecule has 0 aromatic heterocycles. The maximum atomic E-state index is 13.3. The van der Waals surface area contributed by atoms with Gasteiger partial charge in [0.1, 0.15) is 11.4 Å². The molecule has 0 radical (unpaired) electrons. The largest absolute Gasteiger partial charge is 0.438 e.